The minimum absolute atomic E-state index is 0.776. The van der Waals surface area contributed by atoms with Gasteiger partial charge in [0.1, 0.15) is 12.4 Å². The highest BCUT2D eigenvalue weighted by Gasteiger charge is 2.07. The van der Waals surface area contributed by atoms with Crippen molar-refractivity contribution in [2.75, 3.05) is 13.2 Å². The maximum Gasteiger partial charge on any atom is 0.123 e. The van der Waals surface area contributed by atoms with Crippen molar-refractivity contribution in [1.82, 2.24) is 5.32 Å². The van der Waals surface area contributed by atoms with Crippen molar-refractivity contribution in [3.8, 4) is 5.75 Å². The van der Waals surface area contributed by atoms with Crippen molar-refractivity contribution in [1.29, 1.82) is 0 Å². The summed E-state index contributed by atoms with van der Waals surface area (Å²) in [7, 11) is 0. The highest BCUT2D eigenvalue weighted by atomic mass is 16.5. The molecule has 0 aromatic heterocycles. The average Bonchev–Trinajstić information content (AvgIpc) is 2.41. The second-order valence-corrected chi connectivity index (χ2v) is 3.32. The van der Waals surface area contributed by atoms with Crippen LogP contribution in [0, 0.1) is 0 Å². The van der Waals surface area contributed by atoms with Crippen LogP contribution in [-0.2, 0) is 13.0 Å². The lowest BCUT2D eigenvalue weighted by Crippen LogP contribution is -2.16. The number of aryl methyl sites for hydroxylation is 1. The lowest BCUT2D eigenvalue weighted by atomic mass is 10.1. The van der Waals surface area contributed by atoms with Gasteiger partial charge >= 0.3 is 0 Å². The lowest BCUT2D eigenvalue weighted by molar-refractivity contribution is 0.325. The second kappa shape index (κ2) is 3.79. The summed E-state index contributed by atoms with van der Waals surface area (Å²) in [6, 6.07) is 6.46. The highest BCUT2D eigenvalue weighted by molar-refractivity contribution is 5.37. The van der Waals surface area contributed by atoms with Crippen molar-refractivity contribution in [2.45, 2.75) is 19.9 Å². The number of hydrogen-bond donors (Lipinski definition) is 1. The van der Waals surface area contributed by atoms with Crippen LogP contribution in [0.4, 0.5) is 0 Å². The summed E-state index contributed by atoms with van der Waals surface area (Å²) in [6.07, 6.45) is 1.09. The fourth-order valence-electron chi connectivity index (χ4n) is 1.59. The Morgan fingerprint density at radius 3 is 3.23 bits per heavy atom. The van der Waals surface area contributed by atoms with Crippen molar-refractivity contribution >= 4 is 0 Å². The number of fused-ring (bicyclic) bond motifs is 1. The van der Waals surface area contributed by atoms with E-state index in [1.54, 1.807) is 0 Å². The molecule has 2 nitrogen and oxygen atoms in total. The molecule has 1 aromatic rings. The van der Waals surface area contributed by atoms with E-state index in [4.69, 9.17) is 4.74 Å². The Balaban J connectivity index is 2.32. The summed E-state index contributed by atoms with van der Waals surface area (Å²) >= 11 is 0. The van der Waals surface area contributed by atoms with Crippen molar-refractivity contribution in [3.05, 3.63) is 29.3 Å². The third kappa shape index (κ3) is 1.83. The van der Waals surface area contributed by atoms with Gasteiger partial charge in [-0.3, -0.25) is 0 Å². The molecule has 1 N–H and O–H groups in total. The molecule has 0 radical (unpaired) electrons. The van der Waals surface area contributed by atoms with Gasteiger partial charge in [0, 0.05) is 18.7 Å². The predicted molar refractivity (Wildman–Crippen MR) is 53.0 cm³/mol. The van der Waals surface area contributed by atoms with Crippen LogP contribution in [0.1, 0.15) is 18.1 Å². The number of benzene rings is 1. The standard InChI is InChI=1S/C11H15NO/c1-2-9-3-4-11-10(7-9)8-12-5-6-13-11/h3-4,7,12H,2,5-6,8H2,1H3. The first-order valence-electron chi connectivity index (χ1n) is 4.85. The number of ether oxygens (including phenoxy) is 1. The zero-order valence-electron chi connectivity index (χ0n) is 7.97. The van der Waals surface area contributed by atoms with E-state index in [2.05, 4.69) is 30.4 Å². The SMILES string of the molecule is CCc1ccc2c(c1)CNCCO2. The maximum atomic E-state index is 5.59. The Hall–Kier alpha value is -1.02. The summed E-state index contributed by atoms with van der Waals surface area (Å²) in [5.41, 5.74) is 2.67. The van der Waals surface area contributed by atoms with Crippen LogP contribution in [0.2, 0.25) is 0 Å². The van der Waals surface area contributed by atoms with E-state index >= 15 is 0 Å². The average molecular weight is 177 g/mol. The molecule has 0 amide bonds. The largest absolute Gasteiger partial charge is 0.492 e. The van der Waals surface area contributed by atoms with Gasteiger partial charge in [-0.25, -0.2) is 0 Å². The van der Waals surface area contributed by atoms with Gasteiger partial charge < -0.3 is 10.1 Å². The van der Waals surface area contributed by atoms with E-state index in [0.717, 1.165) is 31.9 Å². The van der Waals surface area contributed by atoms with Crippen LogP contribution in [-0.4, -0.2) is 13.2 Å². The van der Waals surface area contributed by atoms with Crippen LogP contribution >= 0.6 is 0 Å². The maximum absolute atomic E-state index is 5.59. The van der Waals surface area contributed by atoms with Gasteiger partial charge in [0.25, 0.3) is 0 Å². The number of rotatable bonds is 1. The molecule has 0 bridgehead atoms. The molecule has 2 rings (SSSR count). The summed E-state index contributed by atoms with van der Waals surface area (Å²) in [6.45, 7) is 4.82. The van der Waals surface area contributed by atoms with E-state index in [0.29, 0.717) is 0 Å². The molecule has 0 saturated heterocycles. The summed E-state index contributed by atoms with van der Waals surface area (Å²) in [5, 5.41) is 3.33. The molecule has 0 unspecified atom stereocenters. The monoisotopic (exact) mass is 177 g/mol. The first-order chi connectivity index (χ1) is 6.40. The molecule has 13 heavy (non-hydrogen) atoms. The quantitative estimate of drug-likeness (QED) is 0.705. The molecule has 0 spiro atoms. The van der Waals surface area contributed by atoms with Gasteiger partial charge in [-0.15, -0.1) is 0 Å². The number of nitrogens with one attached hydrogen (secondary N) is 1. The van der Waals surface area contributed by atoms with Gasteiger partial charge in [0.15, 0.2) is 0 Å². The van der Waals surface area contributed by atoms with Crippen LogP contribution in [0.25, 0.3) is 0 Å². The summed E-state index contributed by atoms with van der Waals surface area (Å²) in [5.74, 6) is 1.04. The Kier molecular flexibility index (Phi) is 2.50. The number of hydrogen-bond acceptors (Lipinski definition) is 2. The topological polar surface area (TPSA) is 21.3 Å². The molecule has 0 fully saturated rings. The second-order valence-electron chi connectivity index (χ2n) is 3.32. The molecule has 1 aliphatic rings. The minimum atomic E-state index is 0.776. The van der Waals surface area contributed by atoms with Crippen molar-refractivity contribution < 1.29 is 4.74 Å². The Morgan fingerprint density at radius 1 is 1.46 bits per heavy atom. The molecule has 0 saturated carbocycles. The van der Waals surface area contributed by atoms with Gasteiger partial charge in [0.05, 0.1) is 0 Å². The van der Waals surface area contributed by atoms with Gasteiger partial charge in [-0.2, -0.15) is 0 Å². The minimum Gasteiger partial charge on any atom is -0.492 e. The van der Waals surface area contributed by atoms with Crippen LogP contribution in [0.15, 0.2) is 18.2 Å². The van der Waals surface area contributed by atoms with Crippen molar-refractivity contribution in [3.63, 3.8) is 0 Å². The van der Waals surface area contributed by atoms with Gasteiger partial charge in [-0.05, 0) is 18.1 Å². The zero-order valence-corrected chi connectivity index (χ0v) is 7.97. The molecule has 0 atom stereocenters. The van der Waals surface area contributed by atoms with E-state index in [1.165, 1.54) is 11.1 Å². The molecular formula is C11H15NO. The van der Waals surface area contributed by atoms with Gasteiger partial charge in [0.2, 0.25) is 0 Å². The summed E-state index contributed by atoms with van der Waals surface area (Å²) < 4.78 is 5.59. The third-order valence-electron chi connectivity index (χ3n) is 2.39. The van der Waals surface area contributed by atoms with Crippen LogP contribution in [0.3, 0.4) is 0 Å². The van der Waals surface area contributed by atoms with E-state index in [9.17, 15) is 0 Å². The van der Waals surface area contributed by atoms with E-state index < -0.39 is 0 Å². The lowest BCUT2D eigenvalue weighted by Gasteiger charge is -2.07. The highest BCUT2D eigenvalue weighted by Crippen LogP contribution is 2.21. The van der Waals surface area contributed by atoms with Crippen LogP contribution < -0.4 is 10.1 Å². The predicted octanol–water partition coefficient (Wildman–Crippen LogP) is 1.73. The molecule has 1 aliphatic heterocycles. The zero-order chi connectivity index (χ0) is 9.10. The molecular weight excluding hydrogens is 162 g/mol. The first-order valence-corrected chi connectivity index (χ1v) is 4.85. The molecule has 0 aliphatic carbocycles. The Morgan fingerprint density at radius 2 is 2.38 bits per heavy atom. The van der Waals surface area contributed by atoms with E-state index in [1.807, 2.05) is 0 Å². The fraction of sp³-hybridized carbons (Fsp3) is 0.455. The van der Waals surface area contributed by atoms with Crippen molar-refractivity contribution in [2.24, 2.45) is 0 Å². The molecule has 70 valence electrons. The normalized spacial score (nSPS) is 15.8. The summed E-state index contributed by atoms with van der Waals surface area (Å²) in [4.78, 5) is 0. The fourth-order valence-corrected chi connectivity index (χ4v) is 1.59. The van der Waals surface area contributed by atoms with Crippen LogP contribution in [0.5, 0.6) is 5.75 Å². The van der Waals surface area contributed by atoms with E-state index in [-0.39, 0.29) is 0 Å². The molecule has 1 aromatic carbocycles. The Bertz CT molecular complexity index is 296. The Labute approximate surface area is 78.9 Å². The smallest absolute Gasteiger partial charge is 0.123 e. The molecule has 2 heteroatoms. The first kappa shape index (κ1) is 8.57. The third-order valence-corrected chi connectivity index (χ3v) is 2.39. The molecule has 1 heterocycles. The van der Waals surface area contributed by atoms with Gasteiger partial charge in [-0.1, -0.05) is 19.1 Å².